The second-order valence-electron chi connectivity index (χ2n) is 5.45. The van der Waals surface area contributed by atoms with Crippen molar-refractivity contribution >= 4 is 38.7 Å². The molecule has 0 aliphatic rings. The smallest absolute Gasteiger partial charge is 0.268 e. The van der Waals surface area contributed by atoms with Crippen LogP contribution in [-0.4, -0.2) is 24.6 Å². The molecule has 1 heterocycles. The van der Waals surface area contributed by atoms with Crippen LogP contribution >= 0.6 is 11.3 Å². The number of anilines is 1. The molecule has 136 valence electrons. The first-order valence-corrected chi connectivity index (χ1v) is 9.05. The Kier molecular flexibility index (Phi) is 5.69. The van der Waals surface area contributed by atoms with Gasteiger partial charge in [-0.05, 0) is 37.3 Å². The summed E-state index contributed by atoms with van der Waals surface area (Å²) in [6.45, 7) is 2.49. The summed E-state index contributed by atoms with van der Waals surface area (Å²) in [5, 5.41) is 12.5. The lowest BCUT2D eigenvalue weighted by atomic mass is 10.1. The molecule has 2 aromatic carbocycles. The van der Waals surface area contributed by atoms with Crippen molar-refractivity contribution in [3.05, 3.63) is 53.6 Å². The summed E-state index contributed by atoms with van der Waals surface area (Å²) in [5.74, 6) is 0.814. The number of carbonyl (C=O) groups is 1. The molecule has 7 heteroatoms. The third-order valence-electron chi connectivity index (χ3n) is 3.70. The zero-order valence-corrected chi connectivity index (χ0v) is 15.7. The van der Waals surface area contributed by atoms with Crippen LogP contribution in [0.3, 0.4) is 0 Å². The molecule has 1 N–H and O–H groups in total. The minimum Gasteiger partial charge on any atom is -0.496 e. The van der Waals surface area contributed by atoms with E-state index in [1.54, 1.807) is 12.1 Å². The average molecular weight is 379 g/mol. The van der Waals surface area contributed by atoms with Crippen molar-refractivity contribution < 1.29 is 14.3 Å². The van der Waals surface area contributed by atoms with Crippen molar-refractivity contribution in [3.8, 4) is 17.6 Å². The van der Waals surface area contributed by atoms with Gasteiger partial charge in [-0.25, -0.2) is 4.98 Å². The van der Waals surface area contributed by atoms with Gasteiger partial charge in [0.2, 0.25) is 0 Å². The fraction of sp³-hybridized carbons (Fsp3) is 0.150. The molecule has 0 spiro atoms. The van der Waals surface area contributed by atoms with Gasteiger partial charge in [0.05, 0.1) is 23.9 Å². The van der Waals surface area contributed by atoms with Gasteiger partial charge >= 0.3 is 0 Å². The summed E-state index contributed by atoms with van der Waals surface area (Å²) in [5.41, 5.74) is 1.37. The molecule has 3 aromatic rings. The quantitative estimate of drug-likeness (QED) is 0.511. The van der Waals surface area contributed by atoms with Crippen molar-refractivity contribution in [2.24, 2.45) is 0 Å². The zero-order chi connectivity index (χ0) is 19.2. The molecule has 0 unspecified atom stereocenters. The van der Waals surface area contributed by atoms with Gasteiger partial charge in [-0.3, -0.25) is 10.1 Å². The van der Waals surface area contributed by atoms with E-state index in [0.29, 0.717) is 23.1 Å². The number of hydrogen-bond acceptors (Lipinski definition) is 6. The summed E-state index contributed by atoms with van der Waals surface area (Å²) < 4.78 is 11.6. The number of para-hydroxylation sites is 1. The molecule has 0 fully saturated rings. The predicted octanol–water partition coefficient (Wildman–Crippen LogP) is 4.25. The minimum absolute atomic E-state index is 0.0336. The number of rotatable bonds is 6. The van der Waals surface area contributed by atoms with Crippen molar-refractivity contribution in [1.29, 1.82) is 5.26 Å². The second-order valence-corrected chi connectivity index (χ2v) is 6.48. The number of nitriles is 1. The van der Waals surface area contributed by atoms with E-state index in [1.165, 1.54) is 24.5 Å². The first-order valence-electron chi connectivity index (χ1n) is 8.24. The van der Waals surface area contributed by atoms with Crippen LogP contribution in [0.1, 0.15) is 12.5 Å². The normalized spacial score (nSPS) is 11.1. The standard InChI is InChI=1S/C20H17N3O3S/c1-3-26-15-8-9-16-18(11-15)27-20(22-16)23-19(24)14(12-21)10-13-6-4-5-7-17(13)25-2/h4-11H,3H2,1-2H3,(H,22,23,24)/b14-10+. The molecule has 0 bridgehead atoms. The van der Waals surface area contributed by atoms with Gasteiger partial charge in [0.1, 0.15) is 23.1 Å². The number of ether oxygens (including phenoxy) is 2. The van der Waals surface area contributed by atoms with Gasteiger partial charge < -0.3 is 9.47 Å². The summed E-state index contributed by atoms with van der Waals surface area (Å²) in [6.07, 6.45) is 1.49. The van der Waals surface area contributed by atoms with Gasteiger partial charge in [0.25, 0.3) is 5.91 Å². The van der Waals surface area contributed by atoms with Crippen molar-refractivity contribution in [3.63, 3.8) is 0 Å². The predicted molar refractivity (Wildman–Crippen MR) is 106 cm³/mol. The van der Waals surface area contributed by atoms with Crippen LogP contribution in [0.2, 0.25) is 0 Å². The number of nitrogens with zero attached hydrogens (tertiary/aromatic N) is 2. The molecule has 6 nitrogen and oxygen atoms in total. The third-order valence-corrected chi connectivity index (χ3v) is 4.63. The van der Waals surface area contributed by atoms with E-state index >= 15 is 0 Å². The van der Waals surface area contributed by atoms with E-state index < -0.39 is 5.91 Å². The molecule has 0 aliphatic heterocycles. The van der Waals surface area contributed by atoms with Crippen LogP contribution < -0.4 is 14.8 Å². The fourth-order valence-corrected chi connectivity index (χ4v) is 3.36. The summed E-state index contributed by atoms with van der Waals surface area (Å²) >= 11 is 1.32. The SMILES string of the molecule is CCOc1ccc2nc(NC(=O)/C(C#N)=C/c3ccccc3OC)sc2c1. The van der Waals surface area contributed by atoms with Gasteiger partial charge in [-0.1, -0.05) is 29.5 Å². The Bertz CT molecular complexity index is 1050. The Hall–Kier alpha value is -3.37. The minimum atomic E-state index is -0.521. The highest BCUT2D eigenvalue weighted by Crippen LogP contribution is 2.29. The van der Waals surface area contributed by atoms with Gasteiger partial charge in [-0.2, -0.15) is 5.26 Å². The van der Waals surface area contributed by atoms with Crippen LogP contribution in [0.15, 0.2) is 48.0 Å². The number of fused-ring (bicyclic) bond motifs is 1. The van der Waals surface area contributed by atoms with E-state index in [9.17, 15) is 10.1 Å². The number of carbonyl (C=O) groups excluding carboxylic acids is 1. The topological polar surface area (TPSA) is 84.2 Å². The number of benzene rings is 2. The van der Waals surface area contributed by atoms with E-state index in [0.717, 1.165) is 16.0 Å². The lowest BCUT2D eigenvalue weighted by molar-refractivity contribution is -0.112. The third kappa shape index (κ3) is 4.25. The molecule has 1 aromatic heterocycles. The lowest BCUT2D eigenvalue weighted by Gasteiger charge is -2.05. The first-order chi connectivity index (χ1) is 13.1. The van der Waals surface area contributed by atoms with Gasteiger partial charge in [0, 0.05) is 5.56 Å². The lowest BCUT2D eigenvalue weighted by Crippen LogP contribution is -2.13. The zero-order valence-electron chi connectivity index (χ0n) is 14.9. The highest BCUT2D eigenvalue weighted by Gasteiger charge is 2.14. The molecule has 0 saturated carbocycles. The Labute approximate surface area is 160 Å². The summed E-state index contributed by atoms with van der Waals surface area (Å²) in [6, 6.07) is 14.6. The summed E-state index contributed by atoms with van der Waals surface area (Å²) in [4.78, 5) is 16.9. The molecule has 0 atom stereocenters. The van der Waals surface area contributed by atoms with E-state index in [1.807, 2.05) is 43.3 Å². The first kappa shape index (κ1) is 18.4. The summed E-state index contributed by atoms with van der Waals surface area (Å²) in [7, 11) is 1.54. The second kappa shape index (κ2) is 8.34. The molecule has 0 aliphatic carbocycles. The van der Waals surface area contributed by atoms with Crippen molar-refractivity contribution in [1.82, 2.24) is 4.98 Å². The van der Waals surface area contributed by atoms with Crippen molar-refractivity contribution in [2.75, 3.05) is 19.0 Å². The number of thiazole rings is 1. The van der Waals surface area contributed by atoms with Crippen LogP contribution in [0.25, 0.3) is 16.3 Å². The van der Waals surface area contributed by atoms with Crippen LogP contribution in [-0.2, 0) is 4.79 Å². The van der Waals surface area contributed by atoms with Crippen molar-refractivity contribution in [2.45, 2.75) is 6.92 Å². The highest BCUT2D eigenvalue weighted by molar-refractivity contribution is 7.22. The number of hydrogen-bond donors (Lipinski definition) is 1. The van der Waals surface area contributed by atoms with Gasteiger partial charge in [-0.15, -0.1) is 0 Å². The highest BCUT2D eigenvalue weighted by atomic mass is 32.1. The molecular weight excluding hydrogens is 362 g/mol. The van der Waals surface area contributed by atoms with E-state index in [4.69, 9.17) is 9.47 Å². The number of amides is 1. The van der Waals surface area contributed by atoms with Gasteiger partial charge in [0.15, 0.2) is 5.13 Å². The maximum absolute atomic E-state index is 12.5. The molecule has 27 heavy (non-hydrogen) atoms. The molecule has 0 saturated heterocycles. The Morgan fingerprint density at radius 3 is 2.89 bits per heavy atom. The molecule has 3 rings (SSSR count). The fourth-order valence-electron chi connectivity index (χ4n) is 2.47. The molecule has 0 radical (unpaired) electrons. The number of nitrogens with one attached hydrogen (secondary N) is 1. The maximum Gasteiger partial charge on any atom is 0.268 e. The van der Waals surface area contributed by atoms with E-state index in [2.05, 4.69) is 10.3 Å². The average Bonchev–Trinajstić information content (AvgIpc) is 3.08. The maximum atomic E-state index is 12.5. The van der Waals surface area contributed by atoms with Crippen LogP contribution in [0.5, 0.6) is 11.5 Å². The Balaban J connectivity index is 1.83. The Morgan fingerprint density at radius 2 is 2.15 bits per heavy atom. The number of aromatic nitrogens is 1. The molecule has 1 amide bonds. The van der Waals surface area contributed by atoms with Crippen LogP contribution in [0, 0.1) is 11.3 Å². The monoisotopic (exact) mass is 379 g/mol. The van der Waals surface area contributed by atoms with Crippen LogP contribution in [0.4, 0.5) is 5.13 Å². The largest absolute Gasteiger partial charge is 0.496 e. The molecular formula is C20H17N3O3S. The van der Waals surface area contributed by atoms with E-state index in [-0.39, 0.29) is 5.57 Å². The number of methoxy groups -OCH3 is 1. The Morgan fingerprint density at radius 1 is 1.33 bits per heavy atom.